The summed E-state index contributed by atoms with van der Waals surface area (Å²) in [5.41, 5.74) is 0.470. The fourth-order valence-electron chi connectivity index (χ4n) is 3.33. The standard InChI is InChI=1S/C19H19ClN2O5/c1-11(22-17(24)14-7-2-3-8-15(14)18(22)25)19(26)27-10-16(23)21-13-6-4-5-12(20)9-13/h2-6,9,11,14-15H,7-8,10H2,1H3,(H,21,23)/t11-,14+,15+/m0/s1. The van der Waals surface area contributed by atoms with Crippen LogP contribution in [0.5, 0.6) is 0 Å². The Morgan fingerprint density at radius 2 is 1.85 bits per heavy atom. The smallest absolute Gasteiger partial charge is 0.329 e. The molecular weight excluding hydrogens is 372 g/mol. The lowest BCUT2D eigenvalue weighted by molar-refractivity contribution is -0.159. The van der Waals surface area contributed by atoms with E-state index in [4.69, 9.17) is 16.3 Å². The number of amides is 3. The van der Waals surface area contributed by atoms with Gasteiger partial charge in [0.25, 0.3) is 5.91 Å². The van der Waals surface area contributed by atoms with E-state index >= 15 is 0 Å². The van der Waals surface area contributed by atoms with E-state index in [0.717, 1.165) is 4.90 Å². The number of benzene rings is 1. The molecule has 2 aliphatic rings. The van der Waals surface area contributed by atoms with Crippen molar-refractivity contribution in [1.82, 2.24) is 4.90 Å². The van der Waals surface area contributed by atoms with Gasteiger partial charge in [0.2, 0.25) is 11.8 Å². The molecule has 1 aromatic carbocycles. The predicted octanol–water partition coefficient (Wildman–Crippen LogP) is 2.16. The van der Waals surface area contributed by atoms with Crippen LogP contribution in [0, 0.1) is 11.8 Å². The summed E-state index contributed by atoms with van der Waals surface area (Å²) in [4.78, 5) is 50.1. The highest BCUT2D eigenvalue weighted by molar-refractivity contribution is 6.30. The number of carbonyl (C=O) groups excluding carboxylic acids is 4. The Morgan fingerprint density at radius 3 is 2.44 bits per heavy atom. The third kappa shape index (κ3) is 4.03. The molecule has 0 spiro atoms. The van der Waals surface area contributed by atoms with Crippen LogP contribution in [0.15, 0.2) is 36.4 Å². The van der Waals surface area contributed by atoms with Crippen LogP contribution in [0.25, 0.3) is 0 Å². The molecule has 8 heteroatoms. The Kier molecular flexibility index (Phi) is 5.60. The lowest BCUT2D eigenvalue weighted by Crippen LogP contribution is -2.45. The molecule has 1 saturated heterocycles. The molecule has 0 saturated carbocycles. The molecule has 1 N–H and O–H groups in total. The van der Waals surface area contributed by atoms with Crippen LogP contribution in [0.4, 0.5) is 5.69 Å². The van der Waals surface area contributed by atoms with E-state index in [1.807, 2.05) is 12.2 Å². The van der Waals surface area contributed by atoms with Gasteiger partial charge in [-0.25, -0.2) is 4.79 Å². The fraction of sp³-hybridized carbons (Fsp3) is 0.368. The average Bonchev–Trinajstić information content (AvgIpc) is 2.90. The van der Waals surface area contributed by atoms with Crippen LogP contribution in [0.1, 0.15) is 19.8 Å². The molecule has 3 atom stereocenters. The number of hydrogen-bond donors (Lipinski definition) is 1. The Hall–Kier alpha value is -2.67. The number of carbonyl (C=O) groups is 4. The Balaban J connectivity index is 1.55. The highest BCUT2D eigenvalue weighted by atomic mass is 35.5. The van der Waals surface area contributed by atoms with Crippen LogP contribution in [0.3, 0.4) is 0 Å². The molecule has 1 aliphatic heterocycles. The second-order valence-corrected chi connectivity index (χ2v) is 6.98. The van der Waals surface area contributed by atoms with Gasteiger partial charge < -0.3 is 10.1 Å². The minimum absolute atomic E-state index is 0.359. The zero-order valence-electron chi connectivity index (χ0n) is 14.7. The van der Waals surface area contributed by atoms with E-state index in [-0.39, 0.29) is 11.8 Å². The summed E-state index contributed by atoms with van der Waals surface area (Å²) in [7, 11) is 0. The van der Waals surface area contributed by atoms with E-state index in [1.165, 1.54) is 6.92 Å². The second kappa shape index (κ2) is 7.92. The Labute approximate surface area is 161 Å². The van der Waals surface area contributed by atoms with E-state index in [2.05, 4.69) is 5.32 Å². The molecular formula is C19H19ClN2O5. The number of ether oxygens (including phenoxy) is 1. The normalized spacial score (nSPS) is 22.4. The van der Waals surface area contributed by atoms with Gasteiger partial charge in [-0.2, -0.15) is 0 Å². The summed E-state index contributed by atoms with van der Waals surface area (Å²) >= 11 is 5.84. The van der Waals surface area contributed by atoms with Crippen LogP contribution >= 0.6 is 11.6 Å². The summed E-state index contributed by atoms with van der Waals surface area (Å²) in [5, 5.41) is 3.01. The largest absolute Gasteiger partial charge is 0.454 e. The van der Waals surface area contributed by atoms with Gasteiger partial charge in [-0.15, -0.1) is 0 Å². The number of rotatable bonds is 5. The first-order valence-electron chi connectivity index (χ1n) is 8.62. The molecule has 0 bridgehead atoms. The lowest BCUT2D eigenvalue weighted by Gasteiger charge is -2.21. The van der Waals surface area contributed by atoms with E-state index < -0.39 is 36.4 Å². The molecule has 1 fully saturated rings. The van der Waals surface area contributed by atoms with Crippen molar-refractivity contribution in [3.8, 4) is 0 Å². The van der Waals surface area contributed by atoms with Crippen molar-refractivity contribution in [2.75, 3.05) is 11.9 Å². The number of anilines is 1. The zero-order valence-corrected chi connectivity index (χ0v) is 15.4. The van der Waals surface area contributed by atoms with Gasteiger partial charge in [-0.05, 0) is 38.0 Å². The molecule has 0 radical (unpaired) electrons. The molecule has 27 heavy (non-hydrogen) atoms. The maximum Gasteiger partial charge on any atom is 0.329 e. The number of imide groups is 1. The first-order valence-corrected chi connectivity index (χ1v) is 9.00. The van der Waals surface area contributed by atoms with Crippen LogP contribution in [-0.4, -0.2) is 41.2 Å². The number of esters is 1. The van der Waals surface area contributed by atoms with Crippen molar-refractivity contribution < 1.29 is 23.9 Å². The summed E-state index contributed by atoms with van der Waals surface area (Å²) < 4.78 is 4.98. The molecule has 0 unspecified atom stereocenters. The van der Waals surface area contributed by atoms with E-state index in [9.17, 15) is 19.2 Å². The fourth-order valence-corrected chi connectivity index (χ4v) is 3.52. The number of fused-ring (bicyclic) bond motifs is 1. The number of allylic oxidation sites excluding steroid dienone is 2. The molecule has 7 nitrogen and oxygen atoms in total. The third-order valence-electron chi connectivity index (χ3n) is 4.72. The summed E-state index contributed by atoms with van der Waals surface area (Å²) in [6.07, 6.45) is 4.74. The molecule has 1 heterocycles. The number of nitrogens with zero attached hydrogens (tertiary/aromatic N) is 1. The van der Waals surface area contributed by atoms with Gasteiger partial charge >= 0.3 is 5.97 Å². The van der Waals surface area contributed by atoms with Crippen molar-refractivity contribution in [2.45, 2.75) is 25.8 Å². The van der Waals surface area contributed by atoms with Crippen molar-refractivity contribution in [1.29, 1.82) is 0 Å². The van der Waals surface area contributed by atoms with Gasteiger partial charge in [0.15, 0.2) is 6.61 Å². The van der Waals surface area contributed by atoms with Gasteiger partial charge in [0, 0.05) is 10.7 Å². The lowest BCUT2D eigenvalue weighted by atomic mass is 9.85. The minimum atomic E-state index is -1.07. The molecule has 1 aromatic rings. The van der Waals surface area contributed by atoms with E-state index in [1.54, 1.807) is 24.3 Å². The maximum atomic E-state index is 12.5. The Bertz CT molecular complexity index is 796. The van der Waals surface area contributed by atoms with Crippen LogP contribution in [-0.2, 0) is 23.9 Å². The first-order chi connectivity index (χ1) is 12.9. The SMILES string of the molecule is C[C@@H](C(=O)OCC(=O)Nc1cccc(Cl)c1)N1C(=O)[C@@H]2CC=CC[C@H]2C1=O. The average molecular weight is 391 g/mol. The van der Waals surface area contributed by atoms with Crippen molar-refractivity contribution in [3.05, 3.63) is 41.4 Å². The number of hydrogen-bond acceptors (Lipinski definition) is 5. The molecule has 3 rings (SSSR count). The maximum absolute atomic E-state index is 12.5. The van der Waals surface area contributed by atoms with Gasteiger partial charge in [0.05, 0.1) is 11.8 Å². The predicted molar refractivity (Wildman–Crippen MR) is 97.7 cm³/mol. The van der Waals surface area contributed by atoms with Crippen molar-refractivity contribution >= 4 is 41.0 Å². The minimum Gasteiger partial charge on any atom is -0.454 e. The van der Waals surface area contributed by atoms with Gasteiger partial charge in [-0.1, -0.05) is 29.8 Å². The quantitative estimate of drug-likeness (QED) is 0.472. The first kappa shape index (κ1) is 19.1. The summed E-state index contributed by atoms with van der Waals surface area (Å²) in [6.45, 7) is 0.901. The van der Waals surface area contributed by atoms with Crippen molar-refractivity contribution in [2.24, 2.45) is 11.8 Å². The molecule has 1 aliphatic carbocycles. The second-order valence-electron chi connectivity index (χ2n) is 6.54. The number of halogens is 1. The van der Waals surface area contributed by atoms with Gasteiger partial charge in [0.1, 0.15) is 6.04 Å². The summed E-state index contributed by atoms with van der Waals surface area (Å²) in [6, 6.07) is 5.46. The number of likely N-dealkylation sites (tertiary alicyclic amines) is 1. The zero-order chi connectivity index (χ0) is 19.6. The summed E-state index contributed by atoms with van der Waals surface area (Å²) in [5.74, 6) is -2.89. The van der Waals surface area contributed by atoms with Crippen LogP contribution < -0.4 is 5.32 Å². The van der Waals surface area contributed by atoms with Gasteiger partial charge in [-0.3, -0.25) is 19.3 Å². The Morgan fingerprint density at radius 1 is 1.22 bits per heavy atom. The highest BCUT2D eigenvalue weighted by Gasteiger charge is 2.50. The monoisotopic (exact) mass is 390 g/mol. The topological polar surface area (TPSA) is 92.8 Å². The van der Waals surface area contributed by atoms with E-state index in [0.29, 0.717) is 23.6 Å². The molecule has 142 valence electrons. The van der Waals surface area contributed by atoms with Crippen molar-refractivity contribution in [3.63, 3.8) is 0 Å². The molecule has 0 aromatic heterocycles. The molecule has 3 amide bonds. The van der Waals surface area contributed by atoms with Crippen LogP contribution in [0.2, 0.25) is 5.02 Å². The number of nitrogens with one attached hydrogen (secondary N) is 1. The highest BCUT2D eigenvalue weighted by Crippen LogP contribution is 2.36. The third-order valence-corrected chi connectivity index (χ3v) is 4.96.